The Morgan fingerprint density at radius 2 is 1.94 bits per heavy atom. The maximum atomic E-state index is 13.9. The van der Waals surface area contributed by atoms with Crippen molar-refractivity contribution in [1.29, 1.82) is 0 Å². The molecule has 35 heavy (non-hydrogen) atoms. The monoisotopic (exact) mass is 493 g/mol. The first-order chi connectivity index (χ1) is 16.3. The van der Waals surface area contributed by atoms with Crippen LogP contribution in [0.25, 0.3) is 0 Å². The highest BCUT2D eigenvalue weighted by atomic mass is 16.5. The Bertz CT molecular complexity index is 879. The number of nitrogens with one attached hydrogen (secondary N) is 1. The number of likely N-dealkylation sites (tertiary alicyclic amines) is 1. The summed E-state index contributed by atoms with van der Waals surface area (Å²) in [4.78, 5) is 49.1. The maximum Gasteiger partial charge on any atom is 0.407 e. The largest absolute Gasteiger partial charge is 0.481 e. The van der Waals surface area contributed by atoms with Crippen LogP contribution in [0, 0.1) is 11.8 Å². The van der Waals surface area contributed by atoms with E-state index in [2.05, 4.69) is 15.3 Å². The van der Waals surface area contributed by atoms with Gasteiger partial charge in [-0.2, -0.15) is 0 Å². The molecule has 196 valence electrons. The van der Waals surface area contributed by atoms with Crippen LogP contribution in [0.4, 0.5) is 10.6 Å². The van der Waals surface area contributed by atoms with Crippen LogP contribution in [-0.4, -0.2) is 93.9 Å². The van der Waals surface area contributed by atoms with E-state index >= 15 is 0 Å². The number of hydrogen-bond donors (Lipinski definition) is 3. The predicted molar refractivity (Wildman–Crippen MR) is 131 cm³/mol. The molecule has 1 aromatic rings. The van der Waals surface area contributed by atoms with Gasteiger partial charge in [-0.1, -0.05) is 34.6 Å². The SMILES string of the molecule is COCCCNc1nc(C(C)(C)C)ncc1C(=O)N(CC(C)C)[C@H]1C[C@@H](C(=O)O)CN(C(=O)O)C1. The van der Waals surface area contributed by atoms with Crippen LogP contribution in [0.1, 0.15) is 63.6 Å². The number of methoxy groups -OCH3 is 1. The van der Waals surface area contributed by atoms with Crippen molar-refractivity contribution >= 4 is 23.8 Å². The van der Waals surface area contributed by atoms with Crippen LogP contribution >= 0.6 is 0 Å². The molecule has 2 amide bonds. The van der Waals surface area contributed by atoms with E-state index < -0.39 is 24.0 Å². The summed E-state index contributed by atoms with van der Waals surface area (Å²) in [6.45, 7) is 11.2. The molecular weight excluding hydrogens is 454 g/mol. The van der Waals surface area contributed by atoms with Gasteiger partial charge in [0.25, 0.3) is 5.91 Å². The number of rotatable bonds is 10. The Labute approximate surface area is 206 Å². The number of nitrogens with zero attached hydrogens (tertiary/aromatic N) is 4. The number of carbonyl (C=O) groups excluding carboxylic acids is 1. The van der Waals surface area contributed by atoms with Crippen molar-refractivity contribution in [3.05, 3.63) is 17.6 Å². The molecule has 2 atom stereocenters. The molecule has 11 nitrogen and oxygen atoms in total. The van der Waals surface area contributed by atoms with Crippen molar-refractivity contribution in [3.63, 3.8) is 0 Å². The molecule has 1 fully saturated rings. The summed E-state index contributed by atoms with van der Waals surface area (Å²) in [5, 5.41) is 22.4. The molecule has 11 heteroatoms. The standard InChI is InChI=1S/C24H39N5O6/c1-15(2)12-29(17-10-16(21(31)32)13-28(14-17)23(33)34)20(30)18-11-26-22(24(3,4)5)27-19(18)25-8-7-9-35-6/h11,15-17H,7-10,12-14H2,1-6H3,(H,31,32)(H,33,34)(H,25,26,27)/t16-,17+/m1/s1. The van der Waals surface area contributed by atoms with Gasteiger partial charge in [-0.05, 0) is 18.8 Å². The fraction of sp³-hybridized carbons (Fsp3) is 0.708. The van der Waals surface area contributed by atoms with E-state index in [1.54, 1.807) is 12.0 Å². The quantitative estimate of drug-likeness (QED) is 0.419. The number of piperidine rings is 1. The summed E-state index contributed by atoms with van der Waals surface area (Å²) in [5.74, 6) is -1.25. The fourth-order valence-electron chi connectivity index (χ4n) is 4.04. The second-order valence-electron chi connectivity index (χ2n) is 10.4. The number of amides is 2. The Morgan fingerprint density at radius 3 is 2.49 bits per heavy atom. The fourth-order valence-corrected chi connectivity index (χ4v) is 4.04. The minimum atomic E-state index is -1.20. The van der Waals surface area contributed by atoms with Crippen LogP contribution in [0.3, 0.4) is 0 Å². The number of carboxylic acids is 1. The molecule has 0 spiro atoms. The minimum Gasteiger partial charge on any atom is -0.481 e. The van der Waals surface area contributed by atoms with Gasteiger partial charge in [0, 0.05) is 51.5 Å². The lowest BCUT2D eigenvalue weighted by molar-refractivity contribution is -0.144. The molecule has 0 aliphatic carbocycles. The highest BCUT2D eigenvalue weighted by molar-refractivity contribution is 5.98. The van der Waals surface area contributed by atoms with Gasteiger partial charge in [-0.3, -0.25) is 9.59 Å². The van der Waals surface area contributed by atoms with Crippen molar-refractivity contribution in [2.45, 2.75) is 58.9 Å². The number of anilines is 1. The zero-order valence-electron chi connectivity index (χ0n) is 21.6. The molecule has 1 aliphatic rings. The zero-order chi connectivity index (χ0) is 26.3. The summed E-state index contributed by atoms with van der Waals surface area (Å²) in [5.41, 5.74) is -0.0576. The second kappa shape index (κ2) is 12.1. The van der Waals surface area contributed by atoms with Crippen molar-refractivity contribution in [3.8, 4) is 0 Å². The molecule has 0 saturated carbocycles. The molecule has 2 rings (SSSR count). The second-order valence-corrected chi connectivity index (χ2v) is 10.4. The van der Waals surface area contributed by atoms with Crippen LogP contribution in [0.2, 0.25) is 0 Å². The third-order valence-electron chi connectivity index (χ3n) is 5.82. The number of carbonyl (C=O) groups is 3. The van der Waals surface area contributed by atoms with E-state index in [0.29, 0.717) is 37.8 Å². The number of aromatic nitrogens is 2. The number of carboxylic acid groups (broad SMARTS) is 2. The van der Waals surface area contributed by atoms with Crippen molar-refractivity contribution in [1.82, 2.24) is 19.8 Å². The molecular formula is C24H39N5O6. The summed E-state index contributed by atoms with van der Waals surface area (Å²) in [6.07, 6.45) is 1.20. The topological polar surface area (TPSA) is 145 Å². The Kier molecular flexibility index (Phi) is 9.82. The third kappa shape index (κ3) is 7.78. The minimum absolute atomic E-state index is 0.0507. The lowest BCUT2D eigenvalue weighted by atomic mass is 9.92. The van der Waals surface area contributed by atoms with Gasteiger partial charge >= 0.3 is 12.1 Å². The first-order valence-corrected chi connectivity index (χ1v) is 12.0. The number of aliphatic carboxylic acids is 1. The average Bonchev–Trinajstić information content (AvgIpc) is 2.78. The molecule has 2 heterocycles. The normalized spacial score (nSPS) is 18.4. The van der Waals surface area contributed by atoms with Crippen LogP contribution in [-0.2, 0) is 14.9 Å². The number of ether oxygens (including phenoxy) is 1. The van der Waals surface area contributed by atoms with Gasteiger partial charge < -0.3 is 30.1 Å². The van der Waals surface area contributed by atoms with Gasteiger partial charge in [-0.25, -0.2) is 14.8 Å². The molecule has 0 unspecified atom stereocenters. The number of hydrogen-bond acceptors (Lipinski definition) is 7. The van der Waals surface area contributed by atoms with E-state index in [0.717, 1.165) is 4.90 Å². The lowest BCUT2D eigenvalue weighted by Gasteiger charge is -2.41. The summed E-state index contributed by atoms with van der Waals surface area (Å²) in [7, 11) is 1.62. The first kappa shape index (κ1) is 28.3. The smallest absolute Gasteiger partial charge is 0.407 e. The predicted octanol–water partition coefficient (Wildman–Crippen LogP) is 2.77. The summed E-state index contributed by atoms with van der Waals surface area (Å²) >= 11 is 0. The van der Waals surface area contributed by atoms with Crippen LogP contribution in [0.5, 0.6) is 0 Å². The molecule has 3 N–H and O–H groups in total. The Hall–Kier alpha value is -2.95. The lowest BCUT2D eigenvalue weighted by Crippen LogP contribution is -2.56. The van der Waals surface area contributed by atoms with E-state index in [9.17, 15) is 24.6 Å². The van der Waals surface area contributed by atoms with Gasteiger partial charge in [-0.15, -0.1) is 0 Å². The summed E-state index contributed by atoms with van der Waals surface area (Å²) < 4.78 is 5.11. The highest BCUT2D eigenvalue weighted by Gasteiger charge is 2.39. The van der Waals surface area contributed by atoms with Gasteiger partial charge in [0.15, 0.2) is 0 Å². The van der Waals surface area contributed by atoms with Crippen LogP contribution in [0.15, 0.2) is 6.20 Å². The van der Waals surface area contributed by atoms with Gasteiger partial charge in [0.05, 0.1) is 12.0 Å². The first-order valence-electron chi connectivity index (χ1n) is 12.0. The summed E-state index contributed by atoms with van der Waals surface area (Å²) in [6, 6.07) is -0.584. The van der Waals surface area contributed by atoms with E-state index in [1.807, 2.05) is 34.6 Å². The Balaban J connectivity index is 2.45. The average molecular weight is 494 g/mol. The molecule has 0 radical (unpaired) electrons. The molecule has 0 aromatic carbocycles. The van der Waals surface area contributed by atoms with E-state index in [-0.39, 0.29) is 42.3 Å². The van der Waals surface area contributed by atoms with Crippen molar-refractivity contribution in [2.75, 3.05) is 45.2 Å². The van der Waals surface area contributed by atoms with Gasteiger partial charge in [0.1, 0.15) is 17.2 Å². The van der Waals surface area contributed by atoms with Crippen molar-refractivity contribution < 1.29 is 29.3 Å². The molecule has 1 aliphatic heterocycles. The zero-order valence-corrected chi connectivity index (χ0v) is 21.6. The van der Waals surface area contributed by atoms with Gasteiger partial charge in [0.2, 0.25) is 0 Å². The molecule has 1 aromatic heterocycles. The highest BCUT2D eigenvalue weighted by Crippen LogP contribution is 2.27. The molecule has 0 bridgehead atoms. The third-order valence-corrected chi connectivity index (χ3v) is 5.82. The van der Waals surface area contributed by atoms with E-state index in [4.69, 9.17) is 4.74 Å². The molecule has 1 saturated heterocycles. The van der Waals surface area contributed by atoms with Crippen molar-refractivity contribution in [2.24, 2.45) is 11.8 Å². The Morgan fingerprint density at radius 1 is 1.26 bits per heavy atom. The maximum absolute atomic E-state index is 13.9. The van der Waals surface area contributed by atoms with Crippen LogP contribution < -0.4 is 5.32 Å². The van der Waals surface area contributed by atoms with E-state index in [1.165, 1.54) is 6.20 Å².